The fraction of sp³-hybridized carbons (Fsp3) is 0.273. The summed E-state index contributed by atoms with van der Waals surface area (Å²) in [5.74, 6) is 0.824. The molecule has 90 valence electrons. The Labute approximate surface area is 107 Å². The molecule has 6 nitrogen and oxygen atoms in total. The minimum absolute atomic E-state index is 0.350. The lowest BCUT2D eigenvalue weighted by Crippen LogP contribution is -2.21. The second-order valence-corrected chi connectivity index (χ2v) is 5.14. The summed E-state index contributed by atoms with van der Waals surface area (Å²) in [5.41, 5.74) is 3.92. The van der Waals surface area contributed by atoms with E-state index in [1.54, 1.807) is 11.8 Å². The molecular weight excluding hydrogens is 248 g/mol. The third-order valence-corrected chi connectivity index (χ3v) is 3.88. The number of imidazole rings is 1. The minimum atomic E-state index is 0.350. The molecule has 0 radical (unpaired) electrons. The second-order valence-electron chi connectivity index (χ2n) is 4.31. The Balaban J connectivity index is 1.62. The molecule has 1 N–H and O–H groups in total. The van der Waals surface area contributed by atoms with Gasteiger partial charge in [0.2, 0.25) is 0 Å². The van der Waals surface area contributed by atoms with E-state index in [0.717, 1.165) is 29.1 Å². The van der Waals surface area contributed by atoms with Crippen molar-refractivity contribution in [1.29, 1.82) is 0 Å². The van der Waals surface area contributed by atoms with Crippen molar-refractivity contribution < 1.29 is 0 Å². The van der Waals surface area contributed by atoms with Crippen LogP contribution in [0, 0.1) is 0 Å². The SMILES string of the molecule is c1nc(NC2Cc3cncn3C2)c2ncsc2n1. The molecule has 4 rings (SSSR count). The number of thiazole rings is 1. The van der Waals surface area contributed by atoms with Crippen LogP contribution in [0.5, 0.6) is 0 Å². The van der Waals surface area contributed by atoms with E-state index in [2.05, 4.69) is 29.8 Å². The number of rotatable bonds is 2. The van der Waals surface area contributed by atoms with Gasteiger partial charge < -0.3 is 9.88 Å². The van der Waals surface area contributed by atoms with Gasteiger partial charge in [-0.05, 0) is 0 Å². The van der Waals surface area contributed by atoms with Gasteiger partial charge in [-0.2, -0.15) is 0 Å². The van der Waals surface area contributed by atoms with Gasteiger partial charge in [-0.1, -0.05) is 0 Å². The van der Waals surface area contributed by atoms with Gasteiger partial charge in [0.1, 0.15) is 16.7 Å². The van der Waals surface area contributed by atoms with Crippen LogP contribution in [-0.4, -0.2) is 30.5 Å². The molecule has 3 aromatic rings. The van der Waals surface area contributed by atoms with Crippen molar-refractivity contribution in [2.24, 2.45) is 0 Å². The van der Waals surface area contributed by atoms with Crippen LogP contribution in [0.3, 0.4) is 0 Å². The number of anilines is 1. The highest BCUT2D eigenvalue weighted by Crippen LogP contribution is 2.23. The van der Waals surface area contributed by atoms with Crippen LogP contribution in [0.1, 0.15) is 5.69 Å². The second kappa shape index (κ2) is 3.74. The minimum Gasteiger partial charge on any atom is -0.363 e. The monoisotopic (exact) mass is 258 g/mol. The first-order chi connectivity index (χ1) is 8.90. The molecule has 7 heteroatoms. The molecule has 1 aliphatic heterocycles. The Morgan fingerprint density at radius 2 is 2.33 bits per heavy atom. The fourth-order valence-electron chi connectivity index (χ4n) is 2.33. The van der Waals surface area contributed by atoms with Crippen molar-refractivity contribution in [3.05, 3.63) is 30.1 Å². The fourth-order valence-corrected chi connectivity index (χ4v) is 2.95. The first-order valence-electron chi connectivity index (χ1n) is 5.70. The third kappa shape index (κ3) is 1.47. The Bertz CT molecular complexity index is 682. The van der Waals surface area contributed by atoms with Crippen LogP contribution in [0.25, 0.3) is 10.3 Å². The summed E-state index contributed by atoms with van der Waals surface area (Å²) >= 11 is 1.53. The van der Waals surface area contributed by atoms with Gasteiger partial charge >= 0.3 is 0 Å². The summed E-state index contributed by atoms with van der Waals surface area (Å²) in [7, 11) is 0. The van der Waals surface area contributed by atoms with Crippen LogP contribution in [0.4, 0.5) is 5.82 Å². The Morgan fingerprint density at radius 3 is 3.28 bits per heavy atom. The maximum atomic E-state index is 4.31. The van der Waals surface area contributed by atoms with E-state index in [-0.39, 0.29) is 0 Å². The highest BCUT2D eigenvalue weighted by atomic mass is 32.1. The van der Waals surface area contributed by atoms with Crippen molar-refractivity contribution in [3.8, 4) is 0 Å². The van der Waals surface area contributed by atoms with E-state index in [1.807, 2.05) is 12.5 Å². The molecule has 0 amide bonds. The lowest BCUT2D eigenvalue weighted by molar-refractivity contribution is 0.669. The summed E-state index contributed by atoms with van der Waals surface area (Å²) < 4.78 is 2.16. The lowest BCUT2D eigenvalue weighted by Gasteiger charge is -2.12. The van der Waals surface area contributed by atoms with E-state index in [0.29, 0.717) is 6.04 Å². The average Bonchev–Trinajstić information content (AvgIpc) is 3.01. The molecule has 0 saturated carbocycles. The lowest BCUT2D eigenvalue weighted by atomic mass is 10.2. The summed E-state index contributed by atoms with van der Waals surface area (Å²) in [5, 5.41) is 3.45. The molecule has 1 atom stereocenters. The van der Waals surface area contributed by atoms with Crippen LogP contribution < -0.4 is 5.32 Å². The molecule has 0 aliphatic carbocycles. The van der Waals surface area contributed by atoms with E-state index in [1.165, 1.54) is 17.0 Å². The maximum Gasteiger partial charge on any atom is 0.157 e. The standard InChI is InChI=1S/C11H10N6S/c1-7(3-17-5-12-2-8(1)17)16-10-9-11(14-4-13-10)18-6-15-9/h2,4-7H,1,3H2,(H,13,14,16). The molecule has 3 aromatic heterocycles. The summed E-state index contributed by atoms with van der Waals surface area (Å²) in [6, 6.07) is 0.350. The molecule has 0 spiro atoms. The van der Waals surface area contributed by atoms with E-state index in [4.69, 9.17) is 0 Å². The molecule has 1 unspecified atom stereocenters. The summed E-state index contributed by atoms with van der Waals surface area (Å²) in [6.45, 7) is 0.922. The summed E-state index contributed by atoms with van der Waals surface area (Å²) in [6.07, 6.45) is 6.34. The number of nitrogens with one attached hydrogen (secondary N) is 1. The van der Waals surface area contributed by atoms with Gasteiger partial charge in [-0.3, -0.25) is 0 Å². The maximum absolute atomic E-state index is 4.31. The van der Waals surface area contributed by atoms with Gasteiger partial charge in [0.15, 0.2) is 5.82 Å². The molecular formula is C11H10N6S. The van der Waals surface area contributed by atoms with Gasteiger partial charge in [-0.25, -0.2) is 19.9 Å². The van der Waals surface area contributed by atoms with Crippen molar-refractivity contribution in [3.63, 3.8) is 0 Å². The Hall–Kier alpha value is -2.02. The van der Waals surface area contributed by atoms with Gasteiger partial charge in [-0.15, -0.1) is 11.3 Å². The van der Waals surface area contributed by atoms with E-state index < -0.39 is 0 Å². The Kier molecular flexibility index (Phi) is 2.07. The van der Waals surface area contributed by atoms with Gasteiger partial charge in [0.25, 0.3) is 0 Å². The highest BCUT2D eigenvalue weighted by Gasteiger charge is 2.22. The number of nitrogens with zero attached hydrogens (tertiary/aromatic N) is 5. The molecule has 18 heavy (non-hydrogen) atoms. The van der Waals surface area contributed by atoms with Crippen molar-refractivity contribution in [2.45, 2.75) is 19.0 Å². The largest absolute Gasteiger partial charge is 0.363 e. The van der Waals surface area contributed by atoms with Crippen LogP contribution >= 0.6 is 11.3 Å². The van der Waals surface area contributed by atoms with E-state index >= 15 is 0 Å². The first-order valence-corrected chi connectivity index (χ1v) is 6.58. The van der Waals surface area contributed by atoms with Crippen LogP contribution in [0.15, 0.2) is 24.4 Å². The van der Waals surface area contributed by atoms with Gasteiger partial charge in [0.05, 0.1) is 17.9 Å². The third-order valence-electron chi connectivity index (χ3n) is 3.15. The topological polar surface area (TPSA) is 68.5 Å². The Morgan fingerprint density at radius 1 is 1.33 bits per heavy atom. The number of fused-ring (bicyclic) bond motifs is 2. The van der Waals surface area contributed by atoms with Crippen LogP contribution in [0.2, 0.25) is 0 Å². The quantitative estimate of drug-likeness (QED) is 0.750. The predicted octanol–water partition coefficient (Wildman–Crippen LogP) is 1.32. The zero-order chi connectivity index (χ0) is 11.9. The predicted molar refractivity (Wildman–Crippen MR) is 68.6 cm³/mol. The molecule has 1 aliphatic rings. The van der Waals surface area contributed by atoms with Gasteiger partial charge in [0, 0.05) is 24.9 Å². The molecule has 0 bridgehead atoms. The van der Waals surface area contributed by atoms with Crippen LogP contribution in [-0.2, 0) is 13.0 Å². The first kappa shape index (κ1) is 9.95. The smallest absolute Gasteiger partial charge is 0.157 e. The normalized spacial score (nSPS) is 18.1. The number of hydrogen-bond donors (Lipinski definition) is 1. The van der Waals surface area contributed by atoms with Crippen molar-refractivity contribution in [1.82, 2.24) is 24.5 Å². The average molecular weight is 258 g/mol. The number of aromatic nitrogens is 5. The molecule has 4 heterocycles. The molecule has 0 saturated heterocycles. The number of hydrogen-bond acceptors (Lipinski definition) is 6. The molecule has 0 aromatic carbocycles. The molecule has 0 fully saturated rings. The van der Waals surface area contributed by atoms with Crippen molar-refractivity contribution >= 4 is 27.5 Å². The van der Waals surface area contributed by atoms with Crippen molar-refractivity contribution in [2.75, 3.05) is 5.32 Å². The summed E-state index contributed by atoms with van der Waals surface area (Å²) in [4.78, 5) is 17.8. The van der Waals surface area contributed by atoms with E-state index in [9.17, 15) is 0 Å². The zero-order valence-corrected chi connectivity index (χ0v) is 10.3. The zero-order valence-electron chi connectivity index (χ0n) is 9.45. The highest BCUT2D eigenvalue weighted by molar-refractivity contribution is 7.16.